The molecule has 110 valence electrons. The summed E-state index contributed by atoms with van der Waals surface area (Å²) in [5.41, 5.74) is 1.77. The van der Waals surface area contributed by atoms with Crippen molar-refractivity contribution in [1.82, 2.24) is 25.2 Å². The molecule has 2 aromatic heterocycles. The lowest BCUT2D eigenvalue weighted by Crippen LogP contribution is -2.12. The average Bonchev–Trinajstić information content (AvgIpc) is 3.10. The molecule has 0 saturated carbocycles. The first-order valence-corrected chi connectivity index (χ1v) is 6.40. The van der Waals surface area contributed by atoms with Crippen molar-refractivity contribution >= 4 is 11.6 Å². The predicted octanol–water partition coefficient (Wildman–Crippen LogP) is 1.32. The Hall–Kier alpha value is -3.29. The van der Waals surface area contributed by atoms with Gasteiger partial charge in [0.15, 0.2) is 0 Å². The maximum absolute atomic E-state index is 12.2. The van der Waals surface area contributed by atoms with Crippen LogP contribution in [-0.4, -0.2) is 38.2 Å². The summed E-state index contributed by atoms with van der Waals surface area (Å²) < 4.78 is 6.71. The van der Waals surface area contributed by atoms with E-state index in [9.17, 15) is 4.79 Å². The smallest absolute Gasteiger partial charge is 0.255 e. The van der Waals surface area contributed by atoms with Gasteiger partial charge in [0.2, 0.25) is 0 Å². The van der Waals surface area contributed by atoms with E-state index in [4.69, 9.17) is 4.74 Å². The fourth-order valence-electron chi connectivity index (χ4n) is 1.89. The second kappa shape index (κ2) is 6.00. The number of benzene rings is 1. The Bertz CT molecular complexity index is 773. The Kier molecular flexibility index (Phi) is 3.73. The predicted molar refractivity (Wildman–Crippen MR) is 77.9 cm³/mol. The number of amides is 1. The van der Waals surface area contributed by atoms with E-state index in [1.165, 1.54) is 11.0 Å². The number of hydrogen-bond acceptors (Lipinski definition) is 6. The van der Waals surface area contributed by atoms with Gasteiger partial charge in [0.25, 0.3) is 5.91 Å². The molecule has 2 heterocycles. The third-order valence-corrected chi connectivity index (χ3v) is 2.94. The highest BCUT2D eigenvalue weighted by molar-refractivity contribution is 6.04. The number of nitrogens with zero attached hydrogens (tertiary/aromatic N) is 5. The van der Waals surface area contributed by atoms with Gasteiger partial charge in [-0.2, -0.15) is 0 Å². The number of rotatable bonds is 4. The van der Waals surface area contributed by atoms with Gasteiger partial charge in [-0.25, -0.2) is 4.68 Å². The first-order valence-electron chi connectivity index (χ1n) is 6.40. The number of tetrazole rings is 1. The molecule has 0 saturated heterocycles. The van der Waals surface area contributed by atoms with Crippen molar-refractivity contribution in [2.24, 2.45) is 0 Å². The van der Waals surface area contributed by atoms with Gasteiger partial charge in [0.05, 0.1) is 12.8 Å². The molecule has 1 amide bonds. The molecule has 0 aliphatic rings. The lowest BCUT2D eigenvalue weighted by atomic mass is 10.2. The van der Waals surface area contributed by atoms with E-state index >= 15 is 0 Å². The number of anilines is 1. The summed E-state index contributed by atoms with van der Waals surface area (Å²) in [6.45, 7) is 0. The summed E-state index contributed by atoms with van der Waals surface area (Å²) in [6.07, 6.45) is 4.59. The van der Waals surface area contributed by atoms with Crippen molar-refractivity contribution in [2.45, 2.75) is 0 Å². The molecule has 22 heavy (non-hydrogen) atoms. The van der Waals surface area contributed by atoms with Crippen LogP contribution in [0.5, 0.6) is 5.75 Å². The van der Waals surface area contributed by atoms with E-state index in [2.05, 4.69) is 25.8 Å². The van der Waals surface area contributed by atoms with Crippen LogP contribution in [0.4, 0.5) is 5.69 Å². The van der Waals surface area contributed by atoms with Gasteiger partial charge in [-0.1, -0.05) is 0 Å². The van der Waals surface area contributed by atoms with Gasteiger partial charge in [0.1, 0.15) is 12.1 Å². The minimum atomic E-state index is -0.238. The third kappa shape index (κ3) is 2.90. The SMILES string of the molecule is COc1cc(NC(=O)c2ccncc2)cc(-n2cnnn2)c1. The summed E-state index contributed by atoms with van der Waals surface area (Å²) in [4.78, 5) is 16.1. The summed E-state index contributed by atoms with van der Waals surface area (Å²) in [5, 5.41) is 13.8. The number of aromatic nitrogens is 5. The minimum Gasteiger partial charge on any atom is -0.497 e. The molecule has 8 heteroatoms. The molecule has 1 aromatic carbocycles. The Morgan fingerprint density at radius 1 is 1.23 bits per heavy atom. The van der Waals surface area contributed by atoms with Gasteiger partial charge in [-0.15, -0.1) is 5.10 Å². The largest absolute Gasteiger partial charge is 0.497 e. The Morgan fingerprint density at radius 3 is 2.73 bits per heavy atom. The fourth-order valence-corrected chi connectivity index (χ4v) is 1.89. The van der Waals surface area contributed by atoms with Gasteiger partial charge < -0.3 is 10.1 Å². The average molecular weight is 296 g/mol. The molecule has 0 fully saturated rings. The van der Waals surface area contributed by atoms with E-state index in [0.717, 1.165) is 0 Å². The van der Waals surface area contributed by atoms with Crippen molar-refractivity contribution in [3.63, 3.8) is 0 Å². The molecule has 0 radical (unpaired) electrons. The van der Waals surface area contributed by atoms with Crippen LogP contribution >= 0.6 is 0 Å². The van der Waals surface area contributed by atoms with Crippen LogP contribution in [0, 0.1) is 0 Å². The van der Waals surface area contributed by atoms with Crippen molar-refractivity contribution in [1.29, 1.82) is 0 Å². The van der Waals surface area contributed by atoms with E-state index in [0.29, 0.717) is 22.7 Å². The summed E-state index contributed by atoms with van der Waals surface area (Å²) in [5.74, 6) is 0.344. The van der Waals surface area contributed by atoms with Crippen molar-refractivity contribution < 1.29 is 9.53 Å². The number of carbonyl (C=O) groups is 1. The molecule has 0 unspecified atom stereocenters. The molecule has 0 aliphatic heterocycles. The topological polar surface area (TPSA) is 94.8 Å². The summed E-state index contributed by atoms with van der Waals surface area (Å²) >= 11 is 0. The quantitative estimate of drug-likeness (QED) is 0.780. The first kappa shape index (κ1) is 13.7. The molecular weight excluding hydrogens is 284 g/mol. The van der Waals surface area contributed by atoms with Crippen LogP contribution < -0.4 is 10.1 Å². The first-order chi connectivity index (χ1) is 10.8. The maximum Gasteiger partial charge on any atom is 0.255 e. The number of ether oxygens (including phenoxy) is 1. The van der Waals surface area contributed by atoms with Gasteiger partial charge >= 0.3 is 0 Å². The second-order valence-electron chi connectivity index (χ2n) is 4.36. The van der Waals surface area contributed by atoms with Crippen LogP contribution in [0.15, 0.2) is 49.1 Å². The number of nitrogens with one attached hydrogen (secondary N) is 1. The highest BCUT2D eigenvalue weighted by Gasteiger charge is 2.09. The van der Waals surface area contributed by atoms with Gasteiger partial charge in [-0.05, 0) is 28.6 Å². The van der Waals surface area contributed by atoms with E-state index in [-0.39, 0.29) is 5.91 Å². The van der Waals surface area contributed by atoms with Crippen molar-refractivity contribution in [2.75, 3.05) is 12.4 Å². The van der Waals surface area contributed by atoms with Crippen LogP contribution in [0.3, 0.4) is 0 Å². The van der Waals surface area contributed by atoms with Crippen LogP contribution in [0.2, 0.25) is 0 Å². The Labute approximate surface area is 125 Å². The molecule has 0 spiro atoms. The molecule has 1 N–H and O–H groups in total. The molecule has 0 bridgehead atoms. The molecule has 3 rings (SSSR count). The zero-order valence-corrected chi connectivity index (χ0v) is 11.7. The second-order valence-corrected chi connectivity index (χ2v) is 4.36. The standard InChI is InChI=1S/C14H12N6O2/c1-22-13-7-11(6-12(8-13)20-9-16-18-19-20)17-14(21)10-2-4-15-5-3-10/h2-9H,1H3,(H,17,21). The van der Waals surface area contributed by atoms with Gasteiger partial charge in [0, 0.05) is 35.8 Å². The number of pyridine rings is 1. The lowest BCUT2D eigenvalue weighted by molar-refractivity contribution is 0.102. The highest BCUT2D eigenvalue weighted by Crippen LogP contribution is 2.23. The van der Waals surface area contributed by atoms with Crippen molar-refractivity contribution in [3.05, 3.63) is 54.6 Å². The van der Waals surface area contributed by atoms with E-state index < -0.39 is 0 Å². The molecule has 0 atom stereocenters. The normalized spacial score (nSPS) is 10.2. The number of hydrogen-bond donors (Lipinski definition) is 1. The minimum absolute atomic E-state index is 0.238. The molecular formula is C14H12N6O2. The third-order valence-electron chi connectivity index (χ3n) is 2.94. The monoisotopic (exact) mass is 296 g/mol. The van der Waals surface area contributed by atoms with Crippen LogP contribution in [0.25, 0.3) is 5.69 Å². The van der Waals surface area contributed by atoms with E-state index in [1.54, 1.807) is 49.8 Å². The van der Waals surface area contributed by atoms with Crippen LogP contribution in [0.1, 0.15) is 10.4 Å². The van der Waals surface area contributed by atoms with E-state index in [1.807, 2.05) is 0 Å². The summed E-state index contributed by atoms with van der Waals surface area (Å²) in [7, 11) is 1.55. The molecule has 3 aromatic rings. The summed E-state index contributed by atoms with van der Waals surface area (Å²) in [6, 6.07) is 8.50. The zero-order chi connectivity index (χ0) is 15.4. The Morgan fingerprint density at radius 2 is 2.05 bits per heavy atom. The lowest BCUT2D eigenvalue weighted by Gasteiger charge is -2.10. The fraction of sp³-hybridized carbons (Fsp3) is 0.0714. The zero-order valence-electron chi connectivity index (χ0n) is 11.7. The number of carbonyl (C=O) groups excluding carboxylic acids is 1. The molecule has 0 aliphatic carbocycles. The number of methoxy groups -OCH3 is 1. The molecule has 8 nitrogen and oxygen atoms in total. The maximum atomic E-state index is 12.2. The highest BCUT2D eigenvalue weighted by atomic mass is 16.5. The van der Waals surface area contributed by atoms with Crippen LogP contribution in [-0.2, 0) is 0 Å². The Balaban J connectivity index is 1.90. The van der Waals surface area contributed by atoms with Gasteiger partial charge in [-0.3, -0.25) is 9.78 Å². The van der Waals surface area contributed by atoms with Crippen molar-refractivity contribution in [3.8, 4) is 11.4 Å².